The Morgan fingerprint density at radius 2 is 2.18 bits per heavy atom. The molecule has 2 saturated heterocycles. The second-order valence-corrected chi connectivity index (χ2v) is 9.11. The quantitative estimate of drug-likeness (QED) is 0.340. The van der Waals surface area contributed by atoms with Crippen LogP contribution < -0.4 is 5.32 Å². The zero-order valence-electron chi connectivity index (χ0n) is 18.5. The van der Waals surface area contributed by atoms with E-state index in [1.807, 2.05) is 37.3 Å². The average Bonchev–Trinajstić information content (AvgIpc) is 2.86. The van der Waals surface area contributed by atoms with Gasteiger partial charge in [-0.25, -0.2) is 4.98 Å². The highest BCUT2D eigenvalue weighted by Gasteiger charge is 2.50. The van der Waals surface area contributed by atoms with E-state index in [1.165, 1.54) is 25.0 Å². The molecule has 1 amide bonds. The predicted octanol–water partition coefficient (Wildman–Crippen LogP) is 4.11. The summed E-state index contributed by atoms with van der Waals surface area (Å²) in [6.45, 7) is 2.43. The number of pyridine rings is 1. The van der Waals surface area contributed by atoms with E-state index in [0.717, 1.165) is 5.56 Å². The van der Waals surface area contributed by atoms with Gasteiger partial charge in [-0.15, -0.1) is 0 Å². The molecule has 12 heteroatoms. The van der Waals surface area contributed by atoms with Crippen LogP contribution in [0.5, 0.6) is 0 Å². The number of aromatic nitrogens is 1. The van der Waals surface area contributed by atoms with Crippen LogP contribution in [0.3, 0.4) is 0 Å². The van der Waals surface area contributed by atoms with Crippen LogP contribution in [0.1, 0.15) is 29.3 Å². The number of azide groups is 1. The maximum atomic E-state index is 12.4. The molecule has 2 aliphatic heterocycles. The van der Waals surface area contributed by atoms with Gasteiger partial charge < -0.3 is 24.3 Å². The van der Waals surface area contributed by atoms with Crippen molar-refractivity contribution < 1.29 is 23.7 Å². The summed E-state index contributed by atoms with van der Waals surface area (Å²) in [4.78, 5) is 20.1. The Labute approximate surface area is 205 Å². The van der Waals surface area contributed by atoms with Crippen molar-refractivity contribution in [3.8, 4) is 0 Å². The maximum Gasteiger partial charge on any atom is 0.270 e. The Morgan fingerprint density at radius 1 is 1.38 bits per heavy atom. The molecule has 6 atom stereocenters. The van der Waals surface area contributed by atoms with Gasteiger partial charge in [0.15, 0.2) is 6.29 Å². The molecule has 1 N–H and O–H groups in total. The monoisotopic (exact) mass is 505 g/mol. The molecule has 3 heterocycles. The zero-order chi connectivity index (χ0) is 24.1. The van der Waals surface area contributed by atoms with Gasteiger partial charge in [0.05, 0.1) is 17.7 Å². The molecule has 1 aromatic carbocycles. The molecule has 180 valence electrons. The summed E-state index contributed by atoms with van der Waals surface area (Å²) in [5.41, 5.74) is 9.75. The second-order valence-electron chi connectivity index (χ2n) is 7.53. The molecule has 4 rings (SSSR count). The third-order valence-electron chi connectivity index (χ3n) is 5.43. The minimum absolute atomic E-state index is 0.207. The fourth-order valence-corrected chi connectivity index (χ4v) is 5.42. The van der Waals surface area contributed by atoms with Crippen LogP contribution in [0.25, 0.3) is 10.4 Å². The lowest BCUT2D eigenvalue weighted by Gasteiger charge is -2.48. The largest absolute Gasteiger partial charge is 0.374 e. The van der Waals surface area contributed by atoms with E-state index in [2.05, 4.69) is 20.3 Å². The molecule has 0 bridgehead atoms. The van der Waals surface area contributed by atoms with Crippen LogP contribution in [-0.2, 0) is 18.9 Å². The number of carbonyl (C=O) groups is 1. The number of nitrogens with one attached hydrogen (secondary N) is 1. The van der Waals surface area contributed by atoms with E-state index in [1.54, 1.807) is 6.07 Å². The number of hydrogen-bond donors (Lipinski definition) is 1. The van der Waals surface area contributed by atoms with Crippen molar-refractivity contribution in [2.24, 2.45) is 5.11 Å². The van der Waals surface area contributed by atoms with Gasteiger partial charge in [0, 0.05) is 35.2 Å². The summed E-state index contributed by atoms with van der Waals surface area (Å²) < 4.78 is 24.5. The zero-order valence-corrected chi connectivity index (χ0v) is 20.1. The van der Waals surface area contributed by atoms with Gasteiger partial charge in [0.25, 0.3) is 5.91 Å². The molecule has 0 saturated carbocycles. The van der Waals surface area contributed by atoms with Crippen LogP contribution in [0.2, 0.25) is 5.02 Å². The first-order valence-electron chi connectivity index (χ1n) is 10.7. The number of halogens is 1. The Balaban J connectivity index is 1.63. The first-order valence-corrected chi connectivity index (χ1v) is 12.0. The van der Waals surface area contributed by atoms with Gasteiger partial charge in [-0.2, -0.15) is 0 Å². The smallest absolute Gasteiger partial charge is 0.270 e. The number of nitrogens with zero attached hydrogens (tertiary/aromatic N) is 4. The van der Waals surface area contributed by atoms with Crippen LogP contribution in [0.15, 0.2) is 52.6 Å². The number of fused-ring (bicyclic) bond motifs is 1. The summed E-state index contributed by atoms with van der Waals surface area (Å²) in [5, 5.41) is 6.99. The SMILES string of the molecule is CCOC1C(N=[N+]=[N-])[C@H]2OC(c3ccccc3)OCC2O[C@@H]1Sc1cc(Cl)cnc1C(=O)NC. The van der Waals surface area contributed by atoms with Gasteiger partial charge in [-0.05, 0) is 18.5 Å². The minimum atomic E-state index is -0.688. The van der Waals surface area contributed by atoms with Crippen molar-refractivity contribution in [3.05, 3.63) is 69.3 Å². The highest BCUT2D eigenvalue weighted by Crippen LogP contribution is 2.42. The summed E-state index contributed by atoms with van der Waals surface area (Å²) in [5.74, 6) is -0.359. The standard InChI is InChI=1S/C22H24ClN5O5S/c1-3-30-19-17(27-28-24)18-14(11-31-21(33-18)12-7-5-4-6-8-12)32-22(19)34-15-9-13(23)10-26-16(15)20(29)25-2/h4-10,14,17-19,21-22H,3,11H2,1-2H3,(H,25,29)/t14?,17?,18-,19?,21?,22+/m0/s1. The second kappa shape index (κ2) is 11.4. The topological polar surface area (TPSA) is 128 Å². The molecule has 0 radical (unpaired) electrons. The number of carbonyl (C=O) groups excluding carboxylic acids is 1. The van der Waals surface area contributed by atoms with Gasteiger partial charge in [0.1, 0.15) is 29.4 Å². The molecular weight excluding hydrogens is 482 g/mol. The highest BCUT2D eigenvalue weighted by molar-refractivity contribution is 8.00. The maximum absolute atomic E-state index is 12.4. The fraction of sp³-hybridized carbons (Fsp3) is 0.455. The normalized spacial score (nSPS) is 28.4. The first-order chi connectivity index (χ1) is 16.5. The summed E-state index contributed by atoms with van der Waals surface area (Å²) >= 11 is 7.39. The number of benzene rings is 1. The van der Waals surface area contributed by atoms with E-state index >= 15 is 0 Å². The Hall–Kier alpha value is -2.37. The molecule has 34 heavy (non-hydrogen) atoms. The Kier molecular flexibility index (Phi) is 8.28. The predicted molar refractivity (Wildman–Crippen MR) is 126 cm³/mol. The lowest BCUT2D eigenvalue weighted by atomic mass is 9.96. The summed E-state index contributed by atoms with van der Waals surface area (Å²) in [6.07, 6.45) is -0.966. The number of ether oxygens (including phenoxy) is 4. The lowest BCUT2D eigenvalue weighted by Crippen LogP contribution is -2.60. The molecular formula is C22H24ClN5O5S. The Morgan fingerprint density at radius 3 is 2.88 bits per heavy atom. The van der Waals surface area contributed by atoms with Gasteiger partial charge in [-0.3, -0.25) is 4.79 Å². The molecule has 0 aliphatic carbocycles. The summed E-state index contributed by atoms with van der Waals surface area (Å²) in [6, 6.07) is 10.5. The minimum Gasteiger partial charge on any atom is -0.374 e. The molecule has 2 fully saturated rings. The number of hydrogen-bond acceptors (Lipinski definition) is 8. The lowest BCUT2D eigenvalue weighted by molar-refractivity contribution is -0.300. The first kappa shape index (κ1) is 24.7. The van der Waals surface area contributed by atoms with Gasteiger partial charge >= 0.3 is 0 Å². The Bertz CT molecular complexity index is 1060. The van der Waals surface area contributed by atoms with Gasteiger partial charge in [-0.1, -0.05) is 58.8 Å². The van der Waals surface area contributed by atoms with E-state index < -0.39 is 36.1 Å². The van der Waals surface area contributed by atoms with Crippen molar-refractivity contribution in [2.45, 2.75) is 47.9 Å². The van der Waals surface area contributed by atoms with E-state index in [-0.39, 0.29) is 18.2 Å². The molecule has 0 spiro atoms. The average molecular weight is 506 g/mol. The van der Waals surface area contributed by atoms with E-state index in [4.69, 9.17) is 30.5 Å². The third kappa shape index (κ3) is 5.31. The fourth-order valence-electron chi connectivity index (χ4n) is 3.93. The summed E-state index contributed by atoms with van der Waals surface area (Å²) in [7, 11) is 1.52. The van der Waals surface area contributed by atoms with Crippen LogP contribution >= 0.6 is 23.4 Å². The molecule has 2 aliphatic rings. The van der Waals surface area contributed by atoms with Gasteiger partial charge in [0.2, 0.25) is 0 Å². The highest BCUT2D eigenvalue weighted by atomic mass is 35.5. The van der Waals surface area contributed by atoms with E-state index in [9.17, 15) is 10.3 Å². The van der Waals surface area contributed by atoms with Crippen LogP contribution in [0.4, 0.5) is 0 Å². The molecule has 1 aromatic heterocycles. The molecule has 10 nitrogen and oxygen atoms in total. The molecule has 2 aromatic rings. The van der Waals surface area contributed by atoms with Crippen LogP contribution in [-0.4, -0.2) is 60.9 Å². The number of amides is 1. The molecule has 4 unspecified atom stereocenters. The van der Waals surface area contributed by atoms with Crippen molar-refractivity contribution in [1.82, 2.24) is 10.3 Å². The van der Waals surface area contributed by atoms with Crippen molar-refractivity contribution in [3.63, 3.8) is 0 Å². The number of thioether (sulfide) groups is 1. The third-order valence-corrected chi connectivity index (χ3v) is 6.81. The number of rotatable bonds is 7. The van der Waals surface area contributed by atoms with Crippen molar-refractivity contribution in [1.29, 1.82) is 0 Å². The van der Waals surface area contributed by atoms with Crippen LogP contribution in [0, 0.1) is 0 Å². The van der Waals surface area contributed by atoms with Crippen molar-refractivity contribution >= 4 is 29.3 Å². The van der Waals surface area contributed by atoms with Crippen molar-refractivity contribution in [2.75, 3.05) is 20.3 Å². The van der Waals surface area contributed by atoms with E-state index in [0.29, 0.717) is 16.5 Å².